The molecule has 4 amide bonds. The molecule has 2 fully saturated rings. The number of likely N-dealkylation sites (N-methyl/N-ethyl adjacent to an activating group) is 1. The maximum atomic E-state index is 14.4. The van der Waals surface area contributed by atoms with Gasteiger partial charge in [-0.2, -0.15) is 0 Å². The number of benzene rings is 1. The van der Waals surface area contributed by atoms with E-state index in [-0.39, 0.29) is 49.3 Å². The molecule has 2 saturated heterocycles. The van der Waals surface area contributed by atoms with Crippen LogP contribution in [-0.4, -0.2) is 123 Å². The van der Waals surface area contributed by atoms with Gasteiger partial charge in [-0.1, -0.05) is 40.3 Å². The summed E-state index contributed by atoms with van der Waals surface area (Å²) in [6, 6.07) is 8.52. The molecule has 16 heteroatoms. The Morgan fingerprint density at radius 1 is 1.11 bits per heavy atom. The van der Waals surface area contributed by atoms with Crippen molar-refractivity contribution in [3.8, 4) is 22.5 Å². The topological polar surface area (TPSA) is 173 Å². The van der Waals surface area contributed by atoms with Gasteiger partial charge in [0.1, 0.15) is 17.9 Å². The summed E-state index contributed by atoms with van der Waals surface area (Å²) < 4.78 is 15.4. The zero-order chi connectivity index (χ0) is 47.2. The van der Waals surface area contributed by atoms with Gasteiger partial charge in [-0.25, -0.2) is 10.4 Å². The van der Waals surface area contributed by atoms with Crippen LogP contribution in [0.1, 0.15) is 84.0 Å². The number of carbonyl (C=O) groups excluding carboxylic acids is 5. The van der Waals surface area contributed by atoms with E-state index in [4.69, 9.17) is 19.4 Å². The number of nitrogens with one attached hydrogen (secondary N) is 2. The average Bonchev–Trinajstić information content (AvgIpc) is 4.02. The van der Waals surface area contributed by atoms with Gasteiger partial charge in [-0.15, -0.1) is 0 Å². The number of aromatic nitrogens is 4. The molecule has 2 aliphatic heterocycles. The number of imidazole rings is 1. The summed E-state index contributed by atoms with van der Waals surface area (Å²) in [7, 11) is 5.21. The number of pyridine rings is 1. The summed E-state index contributed by atoms with van der Waals surface area (Å²) in [5.74, 6) is -1.31. The molecule has 4 aromatic rings. The van der Waals surface area contributed by atoms with E-state index in [9.17, 15) is 24.0 Å². The zero-order valence-electron chi connectivity index (χ0n) is 39.6. The Morgan fingerprint density at radius 2 is 1.88 bits per heavy atom. The fourth-order valence-electron chi connectivity index (χ4n) is 9.49. The summed E-state index contributed by atoms with van der Waals surface area (Å²) in [5, 5.41) is 5.67. The molecular formula is C49H67N9O7. The van der Waals surface area contributed by atoms with E-state index < -0.39 is 29.3 Å². The second-order valence-corrected chi connectivity index (χ2v) is 18.5. The lowest BCUT2D eigenvalue weighted by Gasteiger charge is -2.35. The minimum atomic E-state index is -0.992. The standard InChI is InChI=1S/C49H67N9O7/c1-11-42(60)56-23-19-34(28-56)47(62)55(9)44(31(3)4)46(61)53-38(48(63)58-22-14-13-21-52-58)25-41-51-27-40(54(41)8)33-17-18-39-36(24-33)37(26-49(6,7)29-65-30-59)45(57(39)12-2)35-16-15-20-50-43(35)32(5)64-10/h11,15-18,20,24,27,30-32,34,38,44,52H,1,12-14,19,21-23,25-26,28-29H2,2-10H3,(H,53,61)/t32-,34?,38-,44-/m0/s1. The quantitative estimate of drug-likeness (QED) is 0.0937. The van der Waals surface area contributed by atoms with Crippen molar-refractivity contribution in [2.75, 3.05) is 46.9 Å². The molecule has 2 aliphatic rings. The van der Waals surface area contributed by atoms with Crippen molar-refractivity contribution in [1.82, 2.24) is 44.7 Å². The van der Waals surface area contributed by atoms with Crippen LogP contribution in [0, 0.1) is 17.3 Å². The summed E-state index contributed by atoms with van der Waals surface area (Å²) in [4.78, 5) is 78.8. The van der Waals surface area contributed by atoms with Crippen molar-refractivity contribution >= 4 is 41.0 Å². The SMILES string of the molecule is C=CC(=O)N1CCC(C(=O)N(C)[C@H](C(=O)N[C@@H](Cc2ncc(-c3ccc4c(c3)c(CC(C)(C)COC=O)c(-c3cccnc3[C@H](C)OC)n4CC)n2C)C(=O)N2CCCCN2)C(C)C)C1. The molecule has 1 aromatic carbocycles. The lowest BCUT2D eigenvalue weighted by Crippen LogP contribution is -2.60. The molecule has 0 bridgehead atoms. The lowest BCUT2D eigenvalue weighted by atomic mass is 9.84. The molecule has 16 nitrogen and oxygen atoms in total. The zero-order valence-corrected chi connectivity index (χ0v) is 39.6. The monoisotopic (exact) mass is 894 g/mol. The third kappa shape index (κ3) is 10.5. The van der Waals surface area contributed by atoms with Crippen LogP contribution in [-0.2, 0) is 59.9 Å². The first-order valence-electron chi connectivity index (χ1n) is 22.8. The molecule has 65 heavy (non-hydrogen) atoms. The number of hydrazine groups is 1. The molecule has 5 heterocycles. The second-order valence-electron chi connectivity index (χ2n) is 18.5. The molecule has 0 saturated carbocycles. The number of ether oxygens (including phenoxy) is 2. The number of amides is 4. The Balaban J connectivity index is 1.36. The third-order valence-corrected chi connectivity index (χ3v) is 13.0. The van der Waals surface area contributed by atoms with E-state index in [0.29, 0.717) is 51.3 Å². The minimum absolute atomic E-state index is 0.0965. The molecule has 4 atom stereocenters. The van der Waals surface area contributed by atoms with Crippen molar-refractivity contribution in [2.24, 2.45) is 24.3 Å². The Kier molecular flexibility index (Phi) is 15.7. The van der Waals surface area contributed by atoms with Gasteiger partial charge in [-0.3, -0.25) is 34.0 Å². The Hall–Kier alpha value is -5.87. The first-order valence-corrected chi connectivity index (χ1v) is 22.8. The largest absolute Gasteiger partial charge is 0.467 e. The molecular weight excluding hydrogens is 827 g/mol. The number of nitrogens with zero attached hydrogens (tertiary/aromatic N) is 7. The van der Waals surface area contributed by atoms with Crippen molar-refractivity contribution in [3.63, 3.8) is 0 Å². The van der Waals surface area contributed by atoms with Crippen LogP contribution in [0.25, 0.3) is 33.4 Å². The lowest BCUT2D eigenvalue weighted by molar-refractivity contribution is -0.145. The van der Waals surface area contributed by atoms with Gasteiger partial charge in [0.15, 0.2) is 0 Å². The number of hydrogen-bond donors (Lipinski definition) is 2. The average molecular weight is 894 g/mol. The molecule has 1 unspecified atom stereocenters. The molecule has 6 rings (SSSR count). The van der Waals surface area contributed by atoms with Crippen LogP contribution in [0.3, 0.4) is 0 Å². The number of carbonyl (C=O) groups is 5. The maximum Gasteiger partial charge on any atom is 0.293 e. The fraction of sp³-hybridized carbons (Fsp3) is 0.531. The van der Waals surface area contributed by atoms with Crippen molar-refractivity contribution in [1.29, 1.82) is 0 Å². The highest BCUT2D eigenvalue weighted by Crippen LogP contribution is 2.42. The van der Waals surface area contributed by atoms with Crippen molar-refractivity contribution < 1.29 is 33.4 Å². The van der Waals surface area contributed by atoms with Gasteiger partial charge in [0.05, 0.1) is 41.9 Å². The molecule has 0 aliphatic carbocycles. The van der Waals surface area contributed by atoms with Crippen LogP contribution in [0.4, 0.5) is 0 Å². The van der Waals surface area contributed by atoms with E-state index in [1.165, 1.54) is 11.0 Å². The summed E-state index contributed by atoms with van der Waals surface area (Å²) in [5.41, 5.74) is 9.45. The van der Waals surface area contributed by atoms with Crippen molar-refractivity contribution in [2.45, 2.75) is 98.4 Å². The fourth-order valence-corrected chi connectivity index (χ4v) is 9.49. The number of likely N-dealkylation sites (tertiary alicyclic amines) is 1. The van der Waals surface area contributed by atoms with Gasteiger partial charge in [-0.05, 0) is 81.4 Å². The summed E-state index contributed by atoms with van der Waals surface area (Å²) in [6.45, 7) is 18.8. The van der Waals surface area contributed by atoms with Gasteiger partial charge >= 0.3 is 0 Å². The van der Waals surface area contributed by atoms with Crippen LogP contribution in [0.2, 0.25) is 0 Å². The Morgan fingerprint density at radius 3 is 2.54 bits per heavy atom. The van der Waals surface area contributed by atoms with E-state index in [0.717, 1.165) is 57.5 Å². The first-order chi connectivity index (χ1) is 31.0. The normalized spacial score (nSPS) is 16.9. The number of fused-ring (bicyclic) bond motifs is 1. The molecule has 0 radical (unpaired) electrons. The predicted octanol–water partition coefficient (Wildman–Crippen LogP) is 5.24. The van der Waals surface area contributed by atoms with E-state index in [1.807, 2.05) is 38.5 Å². The van der Waals surface area contributed by atoms with E-state index >= 15 is 0 Å². The number of methoxy groups -OCH3 is 1. The van der Waals surface area contributed by atoms with Gasteiger partial charge in [0.25, 0.3) is 12.4 Å². The highest BCUT2D eigenvalue weighted by Gasteiger charge is 2.39. The van der Waals surface area contributed by atoms with Gasteiger partial charge < -0.3 is 33.7 Å². The van der Waals surface area contributed by atoms with Crippen LogP contribution >= 0.6 is 0 Å². The Labute approximate surface area is 382 Å². The molecule has 0 spiro atoms. The van der Waals surface area contributed by atoms with E-state index in [2.05, 4.69) is 66.9 Å². The number of hydrogen-bond acceptors (Lipinski definition) is 10. The van der Waals surface area contributed by atoms with Crippen LogP contribution in [0.15, 0.2) is 55.4 Å². The second kappa shape index (κ2) is 21.0. The number of aryl methyl sites for hydroxylation is 1. The summed E-state index contributed by atoms with van der Waals surface area (Å²) >= 11 is 0. The van der Waals surface area contributed by atoms with E-state index in [1.54, 1.807) is 36.5 Å². The highest BCUT2D eigenvalue weighted by atomic mass is 16.5. The maximum absolute atomic E-state index is 14.4. The summed E-state index contributed by atoms with van der Waals surface area (Å²) in [6.07, 6.45) is 7.49. The van der Waals surface area contributed by atoms with Gasteiger partial charge in [0, 0.05) is 94.0 Å². The highest BCUT2D eigenvalue weighted by molar-refractivity contribution is 5.96. The van der Waals surface area contributed by atoms with Gasteiger partial charge in [0.2, 0.25) is 17.7 Å². The first kappa shape index (κ1) is 48.6. The van der Waals surface area contributed by atoms with Crippen molar-refractivity contribution in [3.05, 3.63) is 72.5 Å². The molecule has 350 valence electrons. The predicted molar refractivity (Wildman–Crippen MR) is 249 cm³/mol. The third-order valence-electron chi connectivity index (χ3n) is 13.0. The Bertz CT molecular complexity index is 2380. The molecule has 2 N–H and O–H groups in total. The number of rotatable bonds is 19. The van der Waals surface area contributed by atoms with Crippen LogP contribution < -0.4 is 10.7 Å². The minimum Gasteiger partial charge on any atom is -0.467 e. The smallest absolute Gasteiger partial charge is 0.293 e. The van der Waals surface area contributed by atoms with Crippen LogP contribution in [0.5, 0.6) is 0 Å². The molecule has 3 aromatic heterocycles.